The molecule has 1 aliphatic heterocycles. The molecule has 1 atom stereocenters. The van der Waals surface area contributed by atoms with Crippen LogP contribution in [0.4, 0.5) is 0 Å². The van der Waals surface area contributed by atoms with Crippen molar-refractivity contribution in [2.24, 2.45) is 0 Å². The molecule has 1 amide bonds. The monoisotopic (exact) mass is 237 g/mol. The van der Waals surface area contributed by atoms with Gasteiger partial charge in [-0.15, -0.1) is 12.6 Å². The van der Waals surface area contributed by atoms with Gasteiger partial charge >= 0.3 is 0 Å². The van der Waals surface area contributed by atoms with E-state index in [4.69, 9.17) is 0 Å². The number of likely N-dealkylation sites (tertiary alicyclic amines) is 1. The Morgan fingerprint density at radius 2 is 2.25 bits per heavy atom. The summed E-state index contributed by atoms with van der Waals surface area (Å²) in [6.07, 6.45) is 1.85. The number of nitrogens with zero attached hydrogens (tertiary/aromatic N) is 1. The molecule has 0 saturated carbocycles. The number of carbonyl (C=O) groups is 1. The van der Waals surface area contributed by atoms with Gasteiger partial charge in [-0.25, -0.2) is 0 Å². The van der Waals surface area contributed by atoms with E-state index in [1.54, 1.807) is 17.0 Å². The van der Waals surface area contributed by atoms with Crippen LogP contribution in [-0.2, 0) is 0 Å². The average Bonchev–Trinajstić information content (AvgIpc) is 2.77. The summed E-state index contributed by atoms with van der Waals surface area (Å²) in [5.41, 5.74) is 0.617. The van der Waals surface area contributed by atoms with E-state index in [0.29, 0.717) is 10.5 Å². The van der Waals surface area contributed by atoms with E-state index in [9.17, 15) is 9.90 Å². The molecular weight excluding hydrogens is 222 g/mol. The smallest absolute Gasteiger partial charge is 0.255 e. The molecule has 86 valence electrons. The van der Waals surface area contributed by atoms with Gasteiger partial charge in [0.2, 0.25) is 0 Å². The van der Waals surface area contributed by atoms with Crippen molar-refractivity contribution >= 4 is 18.5 Å². The van der Waals surface area contributed by atoms with Crippen molar-refractivity contribution in [1.29, 1.82) is 0 Å². The van der Waals surface area contributed by atoms with E-state index in [1.807, 2.05) is 12.1 Å². The topological polar surface area (TPSA) is 40.5 Å². The summed E-state index contributed by atoms with van der Waals surface area (Å²) in [5, 5.41) is 9.19. The molecule has 1 N–H and O–H groups in total. The van der Waals surface area contributed by atoms with Crippen LogP contribution in [-0.4, -0.2) is 35.1 Å². The fraction of sp³-hybridized carbons (Fsp3) is 0.417. The highest BCUT2D eigenvalue weighted by Crippen LogP contribution is 2.22. The molecule has 0 bridgehead atoms. The minimum Gasteiger partial charge on any atom is -0.394 e. The Labute approximate surface area is 100 Å². The van der Waals surface area contributed by atoms with Gasteiger partial charge in [-0.1, -0.05) is 12.1 Å². The van der Waals surface area contributed by atoms with Crippen LogP contribution in [0, 0.1) is 0 Å². The van der Waals surface area contributed by atoms with Crippen LogP contribution < -0.4 is 0 Å². The lowest BCUT2D eigenvalue weighted by Gasteiger charge is -2.23. The van der Waals surface area contributed by atoms with Crippen molar-refractivity contribution in [3.63, 3.8) is 0 Å². The quantitative estimate of drug-likeness (QED) is 0.767. The van der Waals surface area contributed by atoms with Gasteiger partial charge in [0, 0.05) is 11.4 Å². The van der Waals surface area contributed by atoms with Crippen LogP contribution >= 0.6 is 12.6 Å². The lowest BCUT2D eigenvalue weighted by Crippen LogP contribution is -2.37. The number of aliphatic hydroxyl groups is 1. The van der Waals surface area contributed by atoms with Gasteiger partial charge in [0.05, 0.1) is 18.2 Å². The number of rotatable bonds is 2. The molecule has 1 aromatic carbocycles. The molecular formula is C12H15NO2S. The number of hydrogen-bond donors (Lipinski definition) is 2. The Balaban J connectivity index is 2.22. The zero-order chi connectivity index (χ0) is 11.5. The molecule has 0 aromatic heterocycles. The van der Waals surface area contributed by atoms with Gasteiger partial charge in [0.1, 0.15) is 0 Å². The van der Waals surface area contributed by atoms with E-state index < -0.39 is 0 Å². The summed E-state index contributed by atoms with van der Waals surface area (Å²) >= 11 is 4.28. The van der Waals surface area contributed by atoms with Crippen molar-refractivity contribution in [1.82, 2.24) is 4.90 Å². The second kappa shape index (κ2) is 4.89. The normalized spacial score (nSPS) is 20.1. The predicted octanol–water partition coefficient (Wildman–Crippen LogP) is 1.57. The number of aliphatic hydroxyl groups excluding tert-OH is 1. The molecule has 16 heavy (non-hydrogen) atoms. The highest BCUT2D eigenvalue weighted by Gasteiger charge is 2.29. The van der Waals surface area contributed by atoms with Crippen molar-refractivity contribution in [2.75, 3.05) is 13.2 Å². The first kappa shape index (κ1) is 11.5. The van der Waals surface area contributed by atoms with Crippen LogP contribution in [0.3, 0.4) is 0 Å². The van der Waals surface area contributed by atoms with Gasteiger partial charge in [0.15, 0.2) is 0 Å². The van der Waals surface area contributed by atoms with Crippen molar-refractivity contribution in [2.45, 2.75) is 23.8 Å². The summed E-state index contributed by atoms with van der Waals surface area (Å²) in [7, 11) is 0. The third kappa shape index (κ3) is 2.08. The predicted molar refractivity (Wildman–Crippen MR) is 64.8 cm³/mol. The van der Waals surface area contributed by atoms with Crippen molar-refractivity contribution in [3.8, 4) is 0 Å². The summed E-state index contributed by atoms with van der Waals surface area (Å²) in [5.74, 6) is -0.0258. The average molecular weight is 237 g/mol. The third-order valence-electron chi connectivity index (χ3n) is 2.98. The third-order valence-corrected chi connectivity index (χ3v) is 3.37. The standard InChI is InChI=1S/C12H15NO2S/c14-8-9-4-3-7-13(9)12(15)10-5-1-2-6-11(10)16/h1-2,5-6,9,14,16H,3-4,7-8H2. The number of benzene rings is 1. The van der Waals surface area contributed by atoms with Crippen LogP contribution in [0.2, 0.25) is 0 Å². The van der Waals surface area contributed by atoms with Gasteiger partial charge in [-0.3, -0.25) is 4.79 Å². The zero-order valence-electron chi connectivity index (χ0n) is 8.97. The first-order chi connectivity index (χ1) is 7.74. The van der Waals surface area contributed by atoms with Gasteiger partial charge < -0.3 is 10.0 Å². The Hall–Kier alpha value is -1.00. The molecule has 0 aliphatic carbocycles. The second-order valence-electron chi connectivity index (χ2n) is 3.99. The highest BCUT2D eigenvalue weighted by atomic mass is 32.1. The molecule has 0 spiro atoms. The molecule has 3 nitrogen and oxygen atoms in total. The van der Waals surface area contributed by atoms with Crippen LogP contribution in [0.1, 0.15) is 23.2 Å². The molecule has 1 fully saturated rings. The van der Waals surface area contributed by atoms with E-state index in [0.717, 1.165) is 19.4 Å². The number of hydrogen-bond acceptors (Lipinski definition) is 3. The van der Waals surface area contributed by atoms with Gasteiger partial charge in [0.25, 0.3) is 5.91 Å². The molecule has 1 aromatic rings. The van der Waals surface area contributed by atoms with Crippen LogP contribution in [0.15, 0.2) is 29.2 Å². The lowest BCUT2D eigenvalue weighted by atomic mass is 10.1. The van der Waals surface area contributed by atoms with Crippen LogP contribution in [0.25, 0.3) is 0 Å². The highest BCUT2D eigenvalue weighted by molar-refractivity contribution is 7.80. The first-order valence-electron chi connectivity index (χ1n) is 5.44. The Morgan fingerprint density at radius 1 is 1.50 bits per heavy atom. The zero-order valence-corrected chi connectivity index (χ0v) is 9.86. The largest absolute Gasteiger partial charge is 0.394 e. The first-order valence-corrected chi connectivity index (χ1v) is 5.88. The Kier molecular flexibility index (Phi) is 3.51. The molecule has 1 aliphatic rings. The van der Waals surface area contributed by atoms with E-state index in [-0.39, 0.29) is 18.6 Å². The maximum absolute atomic E-state index is 12.2. The second-order valence-corrected chi connectivity index (χ2v) is 4.48. The van der Waals surface area contributed by atoms with Crippen molar-refractivity contribution in [3.05, 3.63) is 29.8 Å². The number of thiol groups is 1. The summed E-state index contributed by atoms with van der Waals surface area (Å²) in [6.45, 7) is 0.770. The maximum atomic E-state index is 12.2. The SMILES string of the molecule is O=C(c1ccccc1S)N1CCCC1CO. The lowest BCUT2D eigenvalue weighted by molar-refractivity contribution is 0.0674. The maximum Gasteiger partial charge on any atom is 0.255 e. The molecule has 1 unspecified atom stereocenters. The van der Waals surface area contributed by atoms with Gasteiger partial charge in [-0.05, 0) is 25.0 Å². The Bertz CT molecular complexity index is 394. The number of amides is 1. The number of carbonyl (C=O) groups excluding carboxylic acids is 1. The van der Waals surface area contributed by atoms with E-state index >= 15 is 0 Å². The minimum absolute atomic E-state index is 0.0258. The summed E-state index contributed by atoms with van der Waals surface area (Å²) in [6, 6.07) is 7.24. The fourth-order valence-electron chi connectivity index (χ4n) is 2.10. The van der Waals surface area contributed by atoms with E-state index in [1.165, 1.54) is 0 Å². The molecule has 1 saturated heterocycles. The molecule has 0 radical (unpaired) electrons. The van der Waals surface area contributed by atoms with Crippen LogP contribution in [0.5, 0.6) is 0 Å². The minimum atomic E-state index is -0.0274. The molecule has 4 heteroatoms. The molecule has 2 rings (SSSR count). The summed E-state index contributed by atoms with van der Waals surface area (Å²) in [4.78, 5) is 14.6. The van der Waals surface area contributed by atoms with E-state index in [2.05, 4.69) is 12.6 Å². The van der Waals surface area contributed by atoms with Gasteiger partial charge in [-0.2, -0.15) is 0 Å². The summed E-state index contributed by atoms with van der Waals surface area (Å²) < 4.78 is 0. The van der Waals surface area contributed by atoms with Crippen molar-refractivity contribution < 1.29 is 9.90 Å². The molecule has 1 heterocycles. The fourth-order valence-corrected chi connectivity index (χ4v) is 2.36. The Morgan fingerprint density at radius 3 is 2.94 bits per heavy atom.